The van der Waals surface area contributed by atoms with Gasteiger partial charge in [0.1, 0.15) is 4.90 Å². The highest BCUT2D eigenvalue weighted by Gasteiger charge is 2.39. The number of aromatic nitrogens is 3. The van der Waals surface area contributed by atoms with Gasteiger partial charge in [-0.15, -0.1) is 0 Å². The van der Waals surface area contributed by atoms with Crippen LogP contribution in [0.25, 0.3) is 0 Å². The molecular formula is C13H16N4O2S. The standard InChI is InChI=1S/C13H16N4O2S/c1-9-13(10(2)16-15-9)20(18,19)17-7-12(8-17)11-3-5-14-6-4-11/h3-6,12H,7-8H2,1-2H3,(H,15,16). The van der Waals surface area contributed by atoms with Crippen LogP contribution in [0.5, 0.6) is 0 Å². The molecule has 0 aromatic carbocycles. The number of aromatic amines is 1. The fourth-order valence-electron chi connectivity index (χ4n) is 2.53. The Morgan fingerprint density at radius 3 is 2.45 bits per heavy atom. The molecule has 0 atom stereocenters. The SMILES string of the molecule is Cc1n[nH]c(C)c1S(=O)(=O)N1CC(c2ccncc2)C1. The second-order valence-corrected chi connectivity index (χ2v) is 6.94. The number of hydrogen-bond acceptors (Lipinski definition) is 4. The minimum atomic E-state index is -3.44. The molecule has 0 bridgehead atoms. The van der Waals surface area contributed by atoms with E-state index in [1.807, 2.05) is 12.1 Å². The summed E-state index contributed by atoms with van der Waals surface area (Å²) in [6.07, 6.45) is 3.47. The van der Waals surface area contributed by atoms with Crippen molar-refractivity contribution in [3.63, 3.8) is 0 Å². The minimum absolute atomic E-state index is 0.250. The average Bonchev–Trinajstić information content (AvgIpc) is 2.68. The van der Waals surface area contributed by atoms with Gasteiger partial charge in [-0.25, -0.2) is 8.42 Å². The van der Waals surface area contributed by atoms with Gasteiger partial charge in [0.25, 0.3) is 0 Å². The number of hydrogen-bond donors (Lipinski definition) is 1. The summed E-state index contributed by atoms with van der Waals surface area (Å²) in [6.45, 7) is 4.45. The molecule has 0 saturated carbocycles. The maximum absolute atomic E-state index is 12.5. The van der Waals surface area contributed by atoms with E-state index in [9.17, 15) is 8.42 Å². The Kier molecular flexibility index (Phi) is 3.10. The zero-order valence-electron chi connectivity index (χ0n) is 11.4. The second kappa shape index (κ2) is 4.68. The lowest BCUT2D eigenvalue weighted by atomic mass is 9.95. The van der Waals surface area contributed by atoms with E-state index < -0.39 is 10.0 Å². The summed E-state index contributed by atoms with van der Waals surface area (Å²) in [5, 5.41) is 6.69. The molecule has 7 heteroatoms. The summed E-state index contributed by atoms with van der Waals surface area (Å²) in [5.41, 5.74) is 2.25. The molecule has 106 valence electrons. The molecule has 6 nitrogen and oxygen atoms in total. The van der Waals surface area contributed by atoms with Crippen LogP contribution in [0.4, 0.5) is 0 Å². The van der Waals surface area contributed by atoms with E-state index in [-0.39, 0.29) is 5.92 Å². The molecule has 0 amide bonds. The van der Waals surface area contributed by atoms with Crippen LogP contribution in [-0.4, -0.2) is 41.0 Å². The van der Waals surface area contributed by atoms with Gasteiger partial charge in [0, 0.05) is 31.4 Å². The largest absolute Gasteiger partial charge is 0.281 e. The van der Waals surface area contributed by atoms with Gasteiger partial charge in [-0.1, -0.05) is 0 Å². The molecular weight excluding hydrogens is 276 g/mol. The Labute approximate surface area is 117 Å². The van der Waals surface area contributed by atoms with Crippen LogP contribution >= 0.6 is 0 Å². The van der Waals surface area contributed by atoms with E-state index in [0.717, 1.165) is 5.56 Å². The fourth-order valence-corrected chi connectivity index (χ4v) is 4.39. The lowest BCUT2D eigenvalue weighted by Crippen LogP contribution is -2.48. The van der Waals surface area contributed by atoms with Crippen molar-refractivity contribution in [1.29, 1.82) is 0 Å². The van der Waals surface area contributed by atoms with Crippen LogP contribution in [0, 0.1) is 13.8 Å². The number of rotatable bonds is 3. The molecule has 1 aliphatic rings. The highest BCUT2D eigenvalue weighted by Crippen LogP contribution is 2.33. The molecule has 20 heavy (non-hydrogen) atoms. The van der Waals surface area contributed by atoms with Gasteiger partial charge in [0.05, 0.1) is 11.4 Å². The molecule has 1 aliphatic heterocycles. The monoisotopic (exact) mass is 292 g/mol. The average molecular weight is 292 g/mol. The summed E-state index contributed by atoms with van der Waals surface area (Å²) < 4.78 is 26.6. The highest BCUT2D eigenvalue weighted by molar-refractivity contribution is 7.89. The first-order valence-electron chi connectivity index (χ1n) is 6.42. The van der Waals surface area contributed by atoms with Crippen molar-refractivity contribution in [2.24, 2.45) is 0 Å². The third kappa shape index (κ3) is 2.03. The number of sulfonamides is 1. The summed E-state index contributed by atoms with van der Waals surface area (Å²) in [7, 11) is -3.44. The van der Waals surface area contributed by atoms with Crippen molar-refractivity contribution in [2.75, 3.05) is 13.1 Å². The van der Waals surface area contributed by atoms with E-state index >= 15 is 0 Å². The number of pyridine rings is 1. The van der Waals surface area contributed by atoms with Crippen LogP contribution in [-0.2, 0) is 10.0 Å². The van der Waals surface area contributed by atoms with Crippen LogP contribution in [0.15, 0.2) is 29.4 Å². The second-order valence-electron chi connectivity index (χ2n) is 5.06. The maximum atomic E-state index is 12.5. The fraction of sp³-hybridized carbons (Fsp3) is 0.385. The molecule has 1 saturated heterocycles. The van der Waals surface area contributed by atoms with Crippen LogP contribution in [0.1, 0.15) is 22.9 Å². The Balaban J connectivity index is 1.80. The Hall–Kier alpha value is -1.73. The lowest BCUT2D eigenvalue weighted by Gasteiger charge is -2.38. The first-order chi connectivity index (χ1) is 9.50. The predicted molar refractivity (Wildman–Crippen MR) is 73.8 cm³/mol. The summed E-state index contributed by atoms with van der Waals surface area (Å²) in [5.74, 6) is 0.250. The van der Waals surface area contributed by atoms with Gasteiger partial charge in [-0.2, -0.15) is 9.40 Å². The Bertz CT molecular complexity index is 699. The van der Waals surface area contributed by atoms with E-state index in [1.165, 1.54) is 4.31 Å². The van der Waals surface area contributed by atoms with E-state index in [0.29, 0.717) is 29.4 Å². The lowest BCUT2D eigenvalue weighted by molar-refractivity contribution is 0.264. The first-order valence-corrected chi connectivity index (χ1v) is 7.86. The zero-order chi connectivity index (χ0) is 14.3. The molecule has 1 N–H and O–H groups in total. The van der Waals surface area contributed by atoms with Crippen molar-refractivity contribution in [3.05, 3.63) is 41.5 Å². The molecule has 3 heterocycles. The minimum Gasteiger partial charge on any atom is -0.281 e. The predicted octanol–water partition coefficient (Wildman–Crippen LogP) is 1.21. The van der Waals surface area contributed by atoms with Crippen LogP contribution < -0.4 is 0 Å². The van der Waals surface area contributed by atoms with Crippen LogP contribution in [0.2, 0.25) is 0 Å². The van der Waals surface area contributed by atoms with Gasteiger partial charge >= 0.3 is 0 Å². The van der Waals surface area contributed by atoms with Gasteiger partial charge in [0.2, 0.25) is 10.0 Å². The number of aryl methyl sites for hydroxylation is 2. The molecule has 3 rings (SSSR count). The van der Waals surface area contributed by atoms with Crippen LogP contribution in [0.3, 0.4) is 0 Å². The number of H-pyrrole nitrogens is 1. The maximum Gasteiger partial charge on any atom is 0.246 e. The number of nitrogens with zero attached hydrogens (tertiary/aromatic N) is 3. The highest BCUT2D eigenvalue weighted by atomic mass is 32.2. The normalized spacial score (nSPS) is 17.1. The third-order valence-corrected chi connectivity index (χ3v) is 5.78. The summed E-state index contributed by atoms with van der Waals surface area (Å²) in [6, 6.07) is 3.87. The quantitative estimate of drug-likeness (QED) is 0.922. The van der Waals surface area contributed by atoms with E-state index in [4.69, 9.17) is 0 Å². The van der Waals surface area contributed by atoms with Crippen molar-refractivity contribution in [1.82, 2.24) is 19.5 Å². The van der Waals surface area contributed by atoms with Crippen molar-refractivity contribution in [3.8, 4) is 0 Å². The first kappa shape index (κ1) is 13.3. The molecule has 2 aromatic rings. The van der Waals surface area contributed by atoms with Crippen molar-refractivity contribution >= 4 is 10.0 Å². The smallest absolute Gasteiger partial charge is 0.246 e. The molecule has 2 aromatic heterocycles. The van der Waals surface area contributed by atoms with E-state index in [1.54, 1.807) is 26.2 Å². The summed E-state index contributed by atoms with van der Waals surface area (Å²) >= 11 is 0. The Morgan fingerprint density at radius 2 is 1.90 bits per heavy atom. The zero-order valence-corrected chi connectivity index (χ0v) is 12.2. The van der Waals surface area contributed by atoms with Crippen molar-refractivity contribution in [2.45, 2.75) is 24.7 Å². The molecule has 0 unspecified atom stereocenters. The molecule has 0 spiro atoms. The number of nitrogens with one attached hydrogen (secondary N) is 1. The van der Waals surface area contributed by atoms with Crippen molar-refractivity contribution < 1.29 is 8.42 Å². The molecule has 0 aliphatic carbocycles. The topological polar surface area (TPSA) is 79.0 Å². The van der Waals surface area contributed by atoms with Gasteiger partial charge < -0.3 is 0 Å². The molecule has 0 radical (unpaired) electrons. The Morgan fingerprint density at radius 1 is 1.25 bits per heavy atom. The van der Waals surface area contributed by atoms with Gasteiger partial charge in [0.15, 0.2) is 0 Å². The van der Waals surface area contributed by atoms with E-state index in [2.05, 4.69) is 15.2 Å². The van der Waals surface area contributed by atoms with Gasteiger partial charge in [-0.05, 0) is 31.5 Å². The molecule has 1 fully saturated rings. The van der Waals surface area contributed by atoms with Gasteiger partial charge in [-0.3, -0.25) is 10.1 Å². The third-order valence-electron chi connectivity index (χ3n) is 3.68. The summed E-state index contributed by atoms with van der Waals surface area (Å²) in [4.78, 5) is 4.28.